The molecule has 1 amide bonds. The third-order valence-corrected chi connectivity index (χ3v) is 7.01. The van der Waals surface area contributed by atoms with E-state index in [1.54, 1.807) is 0 Å². The predicted octanol–water partition coefficient (Wildman–Crippen LogP) is 4.49. The Morgan fingerprint density at radius 3 is 2.31 bits per heavy atom. The number of carbonyl (C=O) groups excluding carboxylic acids is 1. The molecular formula is C25H27NO3. The van der Waals surface area contributed by atoms with Crippen LogP contribution in [0, 0.1) is 17.8 Å². The van der Waals surface area contributed by atoms with Crippen LogP contribution in [0.4, 0.5) is 4.79 Å². The Hall–Kier alpha value is -2.59. The second kappa shape index (κ2) is 7.03. The molecule has 150 valence electrons. The molecule has 1 fully saturated rings. The molecule has 2 aromatic carbocycles. The lowest BCUT2D eigenvalue weighted by Crippen LogP contribution is -2.47. The van der Waals surface area contributed by atoms with Gasteiger partial charge in [0.1, 0.15) is 6.61 Å². The average molecular weight is 389 g/mol. The van der Waals surface area contributed by atoms with E-state index in [2.05, 4.69) is 41.7 Å². The average Bonchev–Trinajstić information content (AvgIpc) is 3.44. The summed E-state index contributed by atoms with van der Waals surface area (Å²) in [4.78, 5) is 12.4. The molecule has 0 heterocycles. The van der Waals surface area contributed by atoms with Gasteiger partial charge in [-0.2, -0.15) is 0 Å². The summed E-state index contributed by atoms with van der Waals surface area (Å²) >= 11 is 0. The number of ether oxygens (including phenoxy) is 1. The minimum atomic E-state index is -0.921. The summed E-state index contributed by atoms with van der Waals surface area (Å²) in [5, 5.41) is 13.7. The monoisotopic (exact) mass is 389 g/mol. The molecule has 3 aliphatic rings. The van der Waals surface area contributed by atoms with Crippen LogP contribution in [0.3, 0.4) is 0 Å². The SMILES string of the molecule is CC(O)(CNC(=O)OCC1c2ccccc2-c2ccccc21)C1CC2C=CC1C2. The number of allylic oxidation sites excluding steroid dienone is 2. The van der Waals surface area contributed by atoms with E-state index >= 15 is 0 Å². The fourth-order valence-electron chi connectivity index (χ4n) is 5.53. The topological polar surface area (TPSA) is 58.6 Å². The van der Waals surface area contributed by atoms with Crippen LogP contribution in [0.5, 0.6) is 0 Å². The predicted molar refractivity (Wildman–Crippen MR) is 113 cm³/mol. The number of amides is 1. The molecule has 0 aromatic heterocycles. The van der Waals surface area contributed by atoms with Crippen LogP contribution in [0.1, 0.15) is 36.8 Å². The Balaban J connectivity index is 1.21. The minimum Gasteiger partial charge on any atom is -0.449 e. The number of benzene rings is 2. The maximum atomic E-state index is 12.4. The van der Waals surface area contributed by atoms with Crippen LogP contribution in [0.2, 0.25) is 0 Å². The van der Waals surface area contributed by atoms with Gasteiger partial charge in [-0.15, -0.1) is 0 Å². The highest BCUT2D eigenvalue weighted by Crippen LogP contribution is 2.48. The van der Waals surface area contributed by atoms with Crippen LogP contribution in [-0.2, 0) is 4.74 Å². The quantitative estimate of drug-likeness (QED) is 0.741. The van der Waals surface area contributed by atoms with E-state index in [1.165, 1.54) is 22.3 Å². The van der Waals surface area contributed by atoms with Crippen LogP contribution in [0.25, 0.3) is 11.1 Å². The van der Waals surface area contributed by atoms with E-state index in [0.29, 0.717) is 18.4 Å². The lowest BCUT2D eigenvalue weighted by molar-refractivity contribution is -0.0109. The number of carbonyl (C=O) groups is 1. The Labute approximate surface area is 171 Å². The van der Waals surface area contributed by atoms with Gasteiger partial charge < -0.3 is 15.2 Å². The van der Waals surface area contributed by atoms with Gasteiger partial charge in [0.05, 0.1) is 5.60 Å². The lowest BCUT2D eigenvalue weighted by Gasteiger charge is -2.34. The number of rotatable bonds is 5. The second-order valence-corrected chi connectivity index (χ2v) is 8.92. The summed E-state index contributed by atoms with van der Waals surface area (Å²) < 4.78 is 5.58. The molecule has 4 heteroatoms. The van der Waals surface area contributed by atoms with Gasteiger partial charge in [-0.25, -0.2) is 4.79 Å². The first-order chi connectivity index (χ1) is 14.0. The van der Waals surface area contributed by atoms with Gasteiger partial charge in [0.15, 0.2) is 0 Å². The van der Waals surface area contributed by atoms with Crippen molar-refractivity contribution < 1.29 is 14.6 Å². The Kier molecular flexibility index (Phi) is 4.47. The summed E-state index contributed by atoms with van der Waals surface area (Å²) in [7, 11) is 0. The van der Waals surface area contributed by atoms with Gasteiger partial charge >= 0.3 is 6.09 Å². The highest BCUT2D eigenvalue weighted by molar-refractivity contribution is 5.79. The second-order valence-electron chi connectivity index (χ2n) is 8.92. The van der Waals surface area contributed by atoms with E-state index in [0.717, 1.165) is 12.8 Å². The van der Waals surface area contributed by atoms with E-state index in [9.17, 15) is 9.90 Å². The number of fused-ring (bicyclic) bond motifs is 5. The third-order valence-electron chi connectivity index (χ3n) is 7.01. The van der Waals surface area contributed by atoms with Gasteiger partial charge in [0.25, 0.3) is 0 Å². The van der Waals surface area contributed by atoms with Crippen molar-refractivity contribution >= 4 is 6.09 Å². The van der Waals surface area contributed by atoms with Crippen LogP contribution in [0.15, 0.2) is 60.7 Å². The van der Waals surface area contributed by atoms with Gasteiger partial charge in [-0.1, -0.05) is 60.7 Å². The van der Waals surface area contributed by atoms with Gasteiger partial charge in [0.2, 0.25) is 0 Å². The smallest absolute Gasteiger partial charge is 0.407 e. The summed E-state index contributed by atoms with van der Waals surface area (Å²) in [6, 6.07) is 16.6. The lowest BCUT2D eigenvalue weighted by atomic mass is 9.79. The van der Waals surface area contributed by atoms with Crippen molar-refractivity contribution in [2.45, 2.75) is 31.3 Å². The standard InChI is InChI=1S/C25H27NO3/c1-25(28,23-13-16-10-11-17(23)12-16)15-26-24(27)29-14-22-20-8-4-2-6-18(20)19-7-3-5-9-21(19)22/h2-11,16-17,22-23,28H,12-15H2,1H3,(H,26,27). The van der Waals surface area contributed by atoms with E-state index in [-0.39, 0.29) is 18.4 Å². The Morgan fingerprint density at radius 1 is 1.07 bits per heavy atom. The molecule has 4 unspecified atom stereocenters. The highest BCUT2D eigenvalue weighted by Gasteiger charge is 2.45. The van der Waals surface area contributed by atoms with Crippen LogP contribution >= 0.6 is 0 Å². The zero-order valence-corrected chi connectivity index (χ0v) is 16.7. The molecule has 4 atom stereocenters. The maximum absolute atomic E-state index is 12.4. The molecule has 1 saturated carbocycles. The molecule has 5 rings (SSSR count). The summed E-state index contributed by atoms with van der Waals surface area (Å²) in [5.74, 6) is 1.26. The molecule has 4 nitrogen and oxygen atoms in total. The Bertz CT molecular complexity index is 919. The highest BCUT2D eigenvalue weighted by atomic mass is 16.5. The first-order valence-electron chi connectivity index (χ1n) is 10.5. The van der Waals surface area contributed by atoms with Crippen molar-refractivity contribution in [3.05, 3.63) is 71.8 Å². The van der Waals surface area contributed by atoms with E-state index in [1.807, 2.05) is 31.2 Å². The fraction of sp³-hybridized carbons (Fsp3) is 0.400. The minimum absolute atomic E-state index is 0.0457. The normalized spacial score (nSPS) is 26.1. The fourth-order valence-corrected chi connectivity index (χ4v) is 5.53. The van der Waals surface area contributed by atoms with Crippen molar-refractivity contribution in [3.63, 3.8) is 0 Å². The van der Waals surface area contributed by atoms with Crippen LogP contribution < -0.4 is 5.32 Å². The number of hydrogen-bond donors (Lipinski definition) is 2. The van der Waals surface area contributed by atoms with Gasteiger partial charge in [-0.05, 0) is 59.8 Å². The summed E-state index contributed by atoms with van der Waals surface area (Å²) in [6.45, 7) is 2.33. The largest absolute Gasteiger partial charge is 0.449 e. The maximum Gasteiger partial charge on any atom is 0.407 e. The molecule has 2 aromatic rings. The van der Waals surface area contributed by atoms with Crippen molar-refractivity contribution in [3.8, 4) is 11.1 Å². The van der Waals surface area contributed by atoms with Crippen molar-refractivity contribution in [2.75, 3.05) is 13.2 Å². The zero-order chi connectivity index (χ0) is 20.0. The first kappa shape index (κ1) is 18.4. The van der Waals surface area contributed by atoms with Crippen molar-refractivity contribution in [1.29, 1.82) is 0 Å². The van der Waals surface area contributed by atoms with E-state index < -0.39 is 11.7 Å². The molecule has 0 radical (unpaired) electrons. The first-order valence-corrected chi connectivity index (χ1v) is 10.5. The molecule has 0 spiro atoms. The molecule has 29 heavy (non-hydrogen) atoms. The van der Waals surface area contributed by atoms with Crippen molar-refractivity contribution in [1.82, 2.24) is 5.32 Å². The third kappa shape index (κ3) is 3.25. The summed E-state index contributed by atoms with van der Waals surface area (Å²) in [6.07, 6.45) is 6.15. The van der Waals surface area contributed by atoms with Gasteiger partial charge in [-0.3, -0.25) is 0 Å². The molecule has 0 aliphatic heterocycles. The number of nitrogens with one attached hydrogen (secondary N) is 1. The molecule has 3 aliphatic carbocycles. The number of aliphatic hydroxyl groups is 1. The molecular weight excluding hydrogens is 362 g/mol. The number of alkyl carbamates (subject to hydrolysis) is 1. The van der Waals surface area contributed by atoms with Crippen molar-refractivity contribution in [2.24, 2.45) is 17.8 Å². The molecule has 2 N–H and O–H groups in total. The number of hydrogen-bond acceptors (Lipinski definition) is 3. The Morgan fingerprint density at radius 2 is 1.72 bits per heavy atom. The van der Waals surface area contributed by atoms with E-state index in [4.69, 9.17) is 4.74 Å². The van der Waals surface area contributed by atoms with Gasteiger partial charge in [0, 0.05) is 12.5 Å². The molecule has 2 bridgehead atoms. The van der Waals surface area contributed by atoms with Crippen LogP contribution in [-0.4, -0.2) is 30.0 Å². The molecule has 0 saturated heterocycles. The summed E-state index contributed by atoms with van der Waals surface area (Å²) in [5.41, 5.74) is 3.90. The zero-order valence-electron chi connectivity index (χ0n) is 16.7.